The first-order valence-electron chi connectivity index (χ1n) is 8.93. The topological polar surface area (TPSA) is 67.4 Å². The van der Waals surface area contributed by atoms with E-state index in [0.29, 0.717) is 22.7 Å². The number of rotatable bonds is 5. The molecule has 1 aromatic carbocycles. The molecule has 1 saturated heterocycles. The van der Waals surface area contributed by atoms with E-state index >= 15 is 4.39 Å². The van der Waals surface area contributed by atoms with Crippen LogP contribution in [0.25, 0.3) is 0 Å². The number of alkyl halides is 1. The summed E-state index contributed by atoms with van der Waals surface area (Å²) in [7, 11) is 0. The normalized spacial score (nSPS) is 16.0. The van der Waals surface area contributed by atoms with Crippen LogP contribution >= 0.6 is 15.9 Å². The van der Waals surface area contributed by atoms with Crippen molar-refractivity contribution in [1.29, 1.82) is 0 Å². The molecule has 144 valence electrons. The van der Waals surface area contributed by atoms with E-state index in [4.69, 9.17) is 4.74 Å². The van der Waals surface area contributed by atoms with Gasteiger partial charge in [0.05, 0.1) is 10.2 Å². The van der Waals surface area contributed by atoms with Gasteiger partial charge in [0.15, 0.2) is 5.67 Å². The maximum absolute atomic E-state index is 15.5. The number of amides is 1. The summed E-state index contributed by atoms with van der Waals surface area (Å²) >= 11 is 3.35. The molecule has 1 aromatic heterocycles. The van der Waals surface area contributed by atoms with Crippen LogP contribution < -0.4 is 5.32 Å². The van der Waals surface area contributed by atoms with Crippen molar-refractivity contribution in [3.63, 3.8) is 0 Å². The van der Waals surface area contributed by atoms with Crippen LogP contribution in [0.4, 0.5) is 15.1 Å². The number of nitrogens with one attached hydrogen (secondary N) is 1. The Balaban J connectivity index is 1.60. The lowest BCUT2D eigenvalue weighted by atomic mass is 9.90. The minimum atomic E-state index is -1.61. The van der Waals surface area contributed by atoms with Crippen LogP contribution in [0, 0.1) is 0 Å². The summed E-state index contributed by atoms with van der Waals surface area (Å²) in [4.78, 5) is 22.3. The van der Waals surface area contributed by atoms with Crippen molar-refractivity contribution < 1.29 is 13.9 Å². The monoisotopic (exact) mass is 436 g/mol. The van der Waals surface area contributed by atoms with Gasteiger partial charge in [-0.2, -0.15) is 0 Å². The Bertz CT molecular complexity index is 783. The molecule has 2 aromatic rings. The number of nitrogens with zero attached hydrogens (tertiary/aromatic N) is 3. The van der Waals surface area contributed by atoms with Crippen LogP contribution in [0.15, 0.2) is 41.0 Å². The summed E-state index contributed by atoms with van der Waals surface area (Å²) in [5.41, 5.74) is -0.364. The average Bonchev–Trinajstić information content (AvgIpc) is 2.69. The second-order valence-electron chi connectivity index (χ2n) is 6.41. The van der Waals surface area contributed by atoms with Gasteiger partial charge >= 0.3 is 6.09 Å². The number of carbonyl (C=O) groups is 1. The second-order valence-corrected chi connectivity index (χ2v) is 7.27. The highest BCUT2D eigenvalue weighted by atomic mass is 79.9. The van der Waals surface area contributed by atoms with Crippen molar-refractivity contribution in [1.82, 2.24) is 14.9 Å². The summed E-state index contributed by atoms with van der Waals surface area (Å²) in [5, 5.41) is 3.00. The van der Waals surface area contributed by atoms with Gasteiger partial charge in [0.1, 0.15) is 6.61 Å². The van der Waals surface area contributed by atoms with Crippen molar-refractivity contribution in [3.05, 3.63) is 52.3 Å². The Kier molecular flexibility index (Phi) is 6.26. The zero-order valence-electron chi connectivity index (χ0n) is 15.1. The number of likely N-dealkylation sites (tertiary alicyclic amines) is 1. The Morgan fingerprint density at radius 2 is 2.04 bits per heavy atom. The van der Waals surface area contributed by atoms with Crippen molar-refractivity contribution in [3.8, 4) is 0 Å². The third kappa shape index (κ3) is 4.74. The Morgan fingerprint density at radius 1 is 1.33 bits per heavy atom. The molecule has 2 heterocycles. The van der Waals surface area contributed by atoms with E-state index in [9.17, 15) is 4.79 Å². The zero-order chi connectivity index (χ0) is 19.3. The summed E-state index contributed by atoms with van der Waals surface area (Å²) in [6.45, 7) is 3.34. The molecule has 0 aliphatic carbocycles. The summed E-state index contributed by atoms with van der Waals surface area (Å²) < 4.78 is 21.4. The van der Waals surface area contributed by atoms with Gasteiger partial charge in [0.2, 0.25) is 5.95 Å². The molecule has 0 bridgehead atoms. The number of halogens is 2. The lowest BCUT2D eigenvalue weighted by Crippen LogP contribution is -2.44. The molecule has 3 rings (SSSR count). The molecule has 0 radical (unpaired) electrons. The maximum Gasteiger partial charge on any atom is 0.410 e. The number of hydrogen-bond acceptors (Lipinski definition) is 5. The van der Waals surface area contributed by atoms with E-state index in [1.165, 1.54) is 0 Å². The van der Waals surface area contributed by atoms with E-state index in [1.54, 1.807) is 11.1 Å². The number of hydrogen-bond donors (Lipinski definition) is 1. The fourth-order valence-electron chi connectivity index (χ4n) is 3.02. The van der Waals surface area contributed by atoms with Gasteiger partial charge in [-0.15, -0.1) is 0 Å². The van der Waals surface area contributed by atoms with Crippen molar-refractivity contribution in [2.24, 2.45) is 0 Å². The molecule has 1 N–H and O–H groups in total. The molecular formula is C19H22BrFN4O2. The van der Waals surface area contributed by atoms with Crippen molar-refractivity contribution >= 4 is 28.0 Å². The number of carbonyl (C=O) groups excluding carboxylic acids is 1. The predicted octanol–water partition coefficient (Wildman–Crippen LogP) is 4.27. The van der Waals surface area contributed by atoms with Gasteiger partial charge in [0, 0.05) is 38.7 Å². The highest BCUT2D eigenvalue weighted by Gasteiger charge is 2.41. The molecule has 8 heteroatoms. The molecule has 1 amide bonds. The molecule has 1 fully saturated rings. The fourth-order valence-corrected chi connectivity index (χ4v) is 3.56. The first-order valence-corrected chi connectivity index (χ1v) is 9.72. The molecule has 27 heavy (non-hydrogen) atoms. The molecule has 6 nitrogen and oxygen atoms in total. The van der Waals surface area contributed by atoms with Gasteiger partial charge < -0.3 is 15.0 Å². The van der Waals surface area contributed by atoms with Gasteiger partial charge in [0.25, 0.3) is 0 Å². The van der Waals surface area contributed by atoms with Crippen LogP contribution in [0.1, 0.15) is 31.0 Å². The number of piperidine rings is 1. The predicted molar refractivity (Wildman–Crippen MR) is 104 cm³/mol. The molecular weight excluding hydrogens is 415 g/mol. The van der Waals surface area contributed by atoms with E-state index in [1.807, 2.05) is 37.3 Å². The maximum atomic E-state index is 15.5. The lowest BCUT2D eigenvalue weighted by Gasteiger charge is -2.35. The zero-order valence-corrected chi connectivity index (χ0v) is 16.7. The Hall–Kier alpha value is -2.22. The lowest BCUT2D eigenvalue weighted by molar-refractivity contribution is 0.0365. The molecule has 1 aliphatic rings. The van der Waals surface area contributed by atoms with Gasteiger partial charge in [-0.25, -0.2) is 19.2 Å². The summed E-state index contributed by atoms with van der Waals surface area (Å²) in [5.74, 6) is 0.400. The van der Waals surface area contributed by atoms with Gasteiger partial charge in [-0.05, 0) is 28.4 Å². The van der Waals surface area contributed by atoms with Crippen molar-refractivity contribution in [2.75, 3.05) is 25.0 Å². The van der Waals surface area contributed by atoms with E-state index in [-0.39, 0.29) is 32.5 Å². The van der Waals surface area contributed by atoms with Crippen molar-refractivity contribution in [2.45, 2.75) is 32.0 Å². The minimum Gasteiger partial charge on any atom is -0.445 e. The Labute approximate surface area is 166 Å². The minimum absolute atomic E-state index is 0.161. The van der Waals surface area contributed by atoms with Crippen LogP contribution in [-0.2, 0) is 17.0 Å². The quantitative estimate of drug-likeness (QED) is 0.757. The van der Waals surface area contributed by atoms with Crippen LogP contribution in [-0.4, -0.2) is 40.6 Å². The van der Waals surface area contributed by atoms with Gasteiger partial charge in [-0.1, -0.05) is 30.3 Å². The van der Waals surface area contributed by atoms with E-state index < -0.39 is 11.8 Å². The molecule has 0 spiro atoms. The Morgan fingerprint density at radius 3 is 2.70 bits per heavy atom. The smallest absolute Gasteiger partial charge is 0.410 e. The number of anilines is 1. The van der Waals surface area contributed by atoms with Crippen LogP contribution in [0.3, 0.4) is 0 Å². The number of ether oxygens (including phenoxy) is 1. The van der Waals surface area contributed by atoms with Crippen LogP contribution in [0.5, 0.6) is 0 Å². The SMILES string of the molecule is CCNc1ncc(Br)c(C2(F)CCN(C(=O)OCc3ccccc3)CC2)n1. The highest BCUT2D eigenvalue weighted by molar-refractivity contribution is 9.10. The highest BCUT2D eigenvalue weighted by Crippen LogP contribution is 2.39. The van der Waals surface area contributed by atoms with Gasteiger partial charge in [-0.3, -0.25) is 0 Å². The summed E-state index contributed by atoms with van der Waals surface area (Å²) in [6, 6.07) is 9.48. The molecule has 0 unspecified atom stereocenters. The second kappa shape index (κ2) is 8.65. The average molecular weight is 437 g/mol. The first kappa shape index (κ1) is 19.5. The first-order chi connectivity index (χ1) is 13.0. The molecule has 0 saturated carbocycles. The number of benzene rings is 1. The summed E-state index contributed by atoms with van der Waals surface area (Å²) in [6.07, 6.45) is 1.46. The van der Waals surface area contributed by atoms with Crippen LogP contribution in [0.2, 0.25) is 0 Å². The molecule has 0 atom stereocenters. The third-order valence-corrected chi connectivity index (χ3v) is 5.10. The fraction of sp³-hybridized carbons (Fsp3) is 0.421. The number of aromatic nitrogens is 2. The third-order valence-electron chi connectivity index (χ3n) is 4.52. The molecule has 1 aliphatic heterocycles. The standard InChI is InChI=1S/C19H22BrFN4O2/c1-2-22-17-23-12-15(20)16(24-17)19(21)8-10-25(11-9-19)18(26)27-13-14-6-4-3-5-7-14/h3-7,12H,2,8-11,13H2,1H3,(H,22,23,24). The van der Waals surface area contributed by atoms with E-state index in [2.05, 4.69) is 31.2 Å². The van der Waals surface area contributed by atoms with E-state index in [0.717, 1.165) is 5.56 Å². The largest absolute Gasteiger partial charge is 0.445 e.